The highest BCUT2D eigenvalue weighted by Crippen LogP contribution is 2.32. The first-order chi connectivity index (χ1) is 18.6. The lowest BCUT2D eigenvalue weighted by Gasteiger charge is -2.40. The van der Waals surface area contributed by atoms with Gasteiger partial charge < -0.3 is 4.90 Å². The molecule has 0 radical (unpaired) electrons. The van der Waals surface area contributed by atoms with Gasteiger partial charge in [-0.15, -0.1) is 0 Å². The van der Waals surface area contributed by atoms with Crippen LogP contribution in [0.15, 0.2) is 78.9 Å². The molecule has 2 saturated heterocycles. The first kappa shape index (κ1) is 24.5. The van der Waals surface area contributed by atoms with Gasteiger partial charge in [-0.05, 0) is 28.7 Å². The predicted molar refractivity (Wildman–Crippen MR) is 144 cm³/mol. The third-order valence-electron chi connectivity index (χ3n) is 8.04. The van der Waals surface area contributed by atoms with Crippen LogP contribution in [0.25, 0.3) is 0 Å². The summed E-state index contributed by atoms with van der Waals surface area (Å²) in [6, 6.07) is 27.0. The SMILES string of the molecule is O=C1CCC(N2Cc3cccc(CN4CCN(C(c5ccccc5)c5ccccc5)CC4)c3C2=O)C(=O)N1. The van der Waals surface area contributed by atoms with Crippen LogP contribution in [0.3, 0.4) is 0 Å². The molecule has 194 valence electrons. The van der Waals surface area contributed by atoms with Crippen molar-refractivity contribution in [1.82, 2.24) is 20.0 Å². The van der Waals surface area contributed by atoms with Crippen LogP contribution in [-0.2, 0) is 22.7 Å². The number of fused-ring (bicyclic) bond motifs is 1. The van der Waals surface area contributed by atoms with Crippen molar-refractivity contribution in [3.8, 4) is 0 Å². The second kappa shape index (κ2) is 10.5. The summed E-state index contributed by atoms with van der Waals surface area (Å²) in [4.78, 5) is 44.1. The van der Waals surface area contributed by atoms with Gasteiger partial charge in [0.2, 0.25) is 11.8 Å². The molecule has 3 amide bonds. The molecule has 1 unspecified atom stereocenters. The average Bonchev–Trinajstić information content (AvgIpc) is 3.28. The van der Waals surface area contributed by atoms with E-state index in [1.807, 2.05) is 18.2 Å². The summed E-state index contributed by atoms with van der Waals surface area (Å²) in [6.45, 7) is 4.79. The number of rotatable bonds is 6. The molecule has 3 heterocycles. The van der Waals surface area contributed by atoms with Gasteiger partial charge in [0.05, 0.1) is 6.04 Å². The van der Waals surface area contributed by atoms with E-state index in [4.69, 9.17) is 0 Å². The van der Waals surface area contributed by atoms with Crippen molar-refractivity contribution in [2.45, 2.75) is 38.0 Å². The van der Waals surface area contributed by atoms with Gasteiger partial charge in [0, 0.05) is 51.3 Å². The molecular formula is C31H32N4O3. The molecule has 0 aromatic heterocycles. The fraction of sp³-hybridized carbons (Fsp3) is 0.323. The van der Waals surface area contributed by atoms with Crippen LogP contribution in [0, 0.1) is 0 Å². The molecular weight excluding hydrogens is 476 g/mol. The summed E-state index contributed by atoms with van der Waals surface area (Å²) >= 11 is 0. The molecule has 6 rings (SSSR count). The second-order valence-corrected chi connectivity index (χ2v) is 10.4. The minimum absolute atomic E-state index is 0.100. The van der Waals surface area contributed by atoms with Crippen molar-refractivity contribution in [3.63, 3.8) is 0 Å². The number of nitrogens with zero attached hydrogens (tertiary/aromatic N) is 3. The van der Waals surface area contributed by atoms with Crippen molar-refractivity contribution in [2.75, 3.05) is 26.2 Å². The van der Waals surface area contributed by atoms with E-state index >= 15 is 0 Å². The Labute approximate surface area is 223 Å². The van der Waals surface area contributed by atoms with Crippen molar-refractivity contribution < 1.29 is 14.4 Å². The number of piperazine rings is 1. The Bertz CT molecular complexity index is 1300. The molecule has 3 aromatic carbocycles. The maximum Gasteiger partial charge on any atom is 0.255 e. The van der Waals surface area contributed by atoms with Crippen LogP contribution in [0.4, 0.5) is 0 Å². The highest BCUT2D eigenvalue weighted by Gasteiger charge is 2.40. The number of amides is 3. The molecule has 3 aliphatic rings. The summed E-state index contributed by atoms with van der Waals surface area (Å²) in [6.07, 6.45) is 0.645. The number of nitrogens with one attached hydrogen (secondary N) is 1. The van der Waals surface area contributed by atoms with Gasteiger partial charge >= 0.3 is 0 Å². The molecule has 7 heteroatoms. The maximum atomic E-state index is 13.5. The molecule has 0 bridgehead atoms. The van der Waals surface area contributed by atoms with Crippen LogP contribution < -0.4 is 5.32 Å². The number of carbonyl (C=O) groups is 3. The van der Waals surface area contributed by atoms with Gasteiger partial charge in [0.1, 0.15) is 6.04 Å². The summed E-state index contributed by atoms with van der Waals surface area (Å²) in [5.74, 6) is -0.736. The minimum Gasteiger partial charge on any atom is -0.322 e. The highest BCUT2D eigenvalue weighted by molar-refractivity contribution is 6.06. The molecule has 1 atom stereocenters. The van der Waals surface area contributed by atoms with E-state index in [1.54, 1.807) is 4.90 Å². The molecule has 0 saturated carbocycles. The van der Waals surface area contributed by atoms with Crippen molar-refractivity contribution in [1.29, 1.82) is 0 Å². The quantitative estimate of drug-likeness (QED) is 0.517. The van der Waals surface area contributed by atoms with Crippen LogP contribution in [0.2, 0.25) is 0 Å². The molecule has 0 spiro atoms. The molecule has 1 N–H and O–H groups in total. The Hall–Kier alpha value is -3.81. The van der Waals surface area contributed by atoms with E-state index < -0.39 is 6.04 Å². The van der Waals surface area contributed by atoms with Crippen molar-refractivity contribution in [3.05, 3.63) is 107 Å². The molecule has 3 aromatic rings. The summed E-state index contributed by atoms with van der Waals surface area (Å²) in [5, 5.41) is 2.39. The smallest absolute Gasteiger partial charge is 0.255 e. The van der Waals surface area contributed by atoms with Crippen molar-refractivity contribution >= 4 is 17.7 Å². The van der Waals surface area contributed by atoms with Gasteiger partial charge in [-0.1, -0.05) is 78.9 Å². The van der Waals surface area contributed by atoms with E-state index in [1.165, 1.54) is 11.1 Å². The maximum absolute atomic E-state index is 13.5. The molecule has 3 aliphatic heterocycles. The van der Waals surface area contributed by atoms with Crippen molar-refractivity contribution in [2.24, 2.45) is 0 Å². The Kier molecular flexibility index (Phi) is 6.79. The Morgan fingerprint density at radius 1 is 0.789 bits per heavy atom. The first-order valence-electron chi connectivity index (χ1n) is 13.4. The van der Waals surface area contributed by atoms with E-state index in [0.29, 0.717) is 19.5 Å². The third kappa shape index (κ3) is 4.75. The first-order valence-corrected chi connectivity index (χ1v) is 13.4. The summed E-state index contributed by atoms with van der Waals surface area (Å²) in [5.41, 5.74) is 5.30. The van der Waals surface area contributed by atoms with E-state index in [-0.39, 0.29) is 30.2 Å². The second-order valence-electron chi connectivity index (χ2n) is 10.4. The highest BCUT2D eigenvalue weighted by atomic mass is 16.2. The normalized spacial score (nSPS) is 20.6. The minimum atomic E-state index is -0.586. The topological polar surface area (TPSA) is 73.0 Å². The molecule has 38 heavy (non-hydrogen) atoms. The van der Waals surface area contributed by atoms with Crippen LogP contribution in [0.5, 0.6) is 0 Å². The fourth-order valence-electron chi connectivity index (χ4n) is 6.13. The zero-order valence-electron chi connectivity index (χ0n) is 21.4. The average molecular weight is 509 g/mol. The number of benzene rings is 3. The van der Waals surface area contributed by atoms with E-state index in [9.17, 15) is 14.4 Å². The number of hydrogen-bond donors (Lipinski definition) is 1. The number of piperidine rings is 1. The lowest BCUT2D eigenvalue weighted by atomic mass is 9.96. The van der Waals surface area contributed by atoms with Gasteiger partial charge in [0.15, 0.2) is 0 Å². The largest absolute Gasteiger partial charge is 0.322 e. The molecule has 0 aliphatic carbocycles. The summed E-state index contributed by atoms with van der Waals surface area (Å²) < 4.78 is 0. The lowest BCUT2D eigenvalue weighted by Crippen LogP contribution is -2.52. The zero-order valence-corrected chi connectivity index (χ0v) is 21.4. The Balaban J connectivity index is 1.15. The lowest BCUT2D eigenvalue weighted by molar-refractivity contribution is -0.136. The van der Waals surface area contributed by atoms with Gasteiger partial charge in [0.25, 0.3) is 5.91 Å². The van der Waals surface area contributed by atoms with Crippen LogP contribution in [-0.4, -0.2) is 64.6 Å². The number of hydrogen-bond acceptors (Lipinski definition) is 5. The van der Waals surface area contributed by atoms with Crippen LogP contribution in [0.1, 0.15) is 51.5 Å². The third-order valence-corrected chi connectivity index (χ3v) is 8.04. The predicted octanol–water partition coefficient (Wildman–Crippen LogP) is 3.35. The number of carbonyl (C=O) groups excluding carboxylic acids is 3. The van der Waals surface area contributed by atoms with Gasteiger partial charge in [-0.3, -0.25) is 29.5 Å². The van der Waals surface area contributed by atoms with E-state index in [2.05, 4.69) is 75.8 Å². The van der Waals surface area contributed by atoms with Crippen LogP contribution >= 0.6 is 0 Å². The van der Waals surface area contributed by atoms with Gasteiger partial charge in [-0.2, -0.15) is 0 Å². The van der Waals surface area contributed by atoms with E-state index in [0.717, 1.165) is 42.9 Å². The Morgan fingerprint density at radius 3 is 2.08 bits per heavy atom. The van der Waals surface area contributed by atoms with Gasteiger partial charge in [-0.25, -0.2) is 0 Å². The fourth-order valence-corrected chi connectivity index (χ4v) is 6.13. The standard InChI is InChI=1S/C31H32N4O3/c36-27-15-14-26(30(37)32-27)35-21-25-13-7-12-24(28(25)31(35)38)20-33-16-18-34(19-17-33)29(22-8-3-1-4-9-22)23-10-5-2-6-11-23/h1-13,26,29H,14-21H2,(H,32,36,37). The zero-order chi connectivity index (χ0) is 26.1. The molecule has 7 nitrogen and oxygen atoms in total. The monoisotopic (exact) mass is 508 g/mol. The molecule has 2 fully saturated rings. The number of imide groups is 1. The summed E-state index contributed by atoms with van der Waals surface area (Å²) in [7, 11) is 0. The Morgan fingerprint density at radius 2 is 1.45 bits per heavy atom.